The van der Waals surface area contributed by atoms with Crippen molar-refractivity contribution in [1.82, 2.24) is 0 Å². The van der Waals surface area contributed by atoms with E-state index in [0.29, 0.717) is 6.61 Å². The van der Waals surface area contributed by atoms with Crippen LogP contribution in [0.4, 0.5) is 0 Å². The fraction of sp³-hybridized carbons (Fsp3) is 1.00. The highest BCUT2D eigenvalue weighted by Gasteiger charge is 2.12. The van der Waals surface area contributed by atoms with Gasteiger partial charge in [0.1, 0.15) is 6.10 Å². The van der Waals surface area contributed by atoms with Crippen LogP contribution in [0.25, 0.3) is 0 Å². The zero-order valence-corrected chi connectivity index (χ0v) is 7.29. The van der Waals surface area contributed by atoms with Crippen LogP contribution in [-0.4, -0.2) is 35.6 Å². The second kappa shape index (κ2) is 6.58. The molecule has 0 aliphatic heterocycles. The van der Waals surface area contributed by atoms with E-state index in [1.54, 1.807) is 6.92 Å². The number of aliphatic hydroxyl groups excluding tert-OH is 2. The Morgan fingerprint density at radius 3 is 2.55 bits per heavy atom. The zero-order valence-electron chi connectivity index (χ0n) is 7.29. The van der Waals surface area contributed by atoms with Crippen molar-refractivity contribution in [3.63, 3.8) is 0 Å². The molecule has 0 aromatic rings. The van der Waals surface area contributed by atoms with E-state index in [0.717, 1.165) is 12.8 Å². The Kier molecular flexibility index (Phi) is 6.51. The van der Waals surface area contributed by atoms with Crippen LogP contribution in [0.3, 0.4) is 0 Å². The fourth-order valence-electron chi connectivity index (χ4n) is 0.673. The number of unbranched alkanes of at least 4 members (excludes halogenated alkanes) is 1. The first kappa shape index (κ1) is 10.9. The van der Waals surface area contributed by atoms with Gasteiger partial charge in [-0.1, -0.05) is 13.3 Å². The zero-order chi connectivity index (χ0) is 8.69. The van der Waals surface area contributed by atoms with Crippen molar-refractivity contribution in [2.24, 2.45) is 0 Å². The van der Waals surface area contributed by atoms with Crippen molar-refractivity contribution in [1.29, 1.82) is 0 Å². The lowest BCUT2D eigenvalue weighted by molar-refractivity contribution is -0.0487. The first-order valence-corrected chi connectivity index (χ1v) is 4.12. The molecule has 0 bridgehead atoms. The Morgan fingerprint density at radius 2 is 2.09 bits per heavy atom. The fourth-order valence-corrected chi connectivity index (χ4v) is 0.673. The topological polar surface area (TPSA) is 49.7 Å². The largest absolute Gasteiger partial charge is 0.394 e. The van der Waals surface area contributed by atoms with Gasteiger partial charge in [0.25, 0.3) is 0 Å². The summed E-state index contributed by atoms with van der Waals surface area (Å²) < 4.78 is 5.23. The summed E-state index contributed by atoms with van der Waals surface area (Å²) in [6.07, 6.45) is 1.09. The molecule has 2 atom stereocenters. The van der Waals surface area contributed by atoms with Crippen LogP contribution in [-0.2, 0) is 4.74 Å². The Morgan fingerprint density at radius 1 is 1.45 bits per heavy atom. The summed E-state index contributed by atoms with van der Waals surface area (Å²) in [7, 11) is 0. The van der Waals surface area contributed by atoms with E-state index < -0.39 is 6.10 Å². The molecule has 0 heterocycles. The molecule has 68 valence electrons. The van der Waals surface area contributed by atoms with E-state index in [1.165, 1.54) is 0 Å². The van der Waals surface area contributed by atoms with Crippen LogP contribution in [0.15, 0.2) is 0 Å². The molecule has 0 aliphatic rings. The van der Waals surface area contributed by atoms with Gasteiger partial charge in [-0.25, -0.2) is 0 Å². The first-order chi connectivity index (χ1) is 5.22. The van der Waals surface area contributed by atoms with Gasteiger partial charge < -0.3 is 14.9 Å². The third-order valence-corrected chi connectivity index (χ3v) is 1.61. The van der Waals surface area contributed by atoms with E-state index >= 15 is 0 Å². The summed E-state index contributed by atoms with van der Waals surface area (Å²) in [5, 5.41) is 17.6. The van der Waals surface area contributed by atoms with Crippen LogP contribution in [0, 0.1) is 0 Å². The maximum Gasteiger partial charge on any atom is 0.103 e. The number of hydrogen-bond acceptors (Lipinski definition) is 3. The Balaban J connectivity index is 3.28. The summed E-state index contributed by atoms with van der Waals surface area (Å²) in [5.41, 5.74) is 0. The van der Waals surface area contributed by atoms with Crippen LogP contribution < -0.4 is 0 Å². The van der Waals surface area contributed by atoms with Gasteiger partial charge in [0.05, 0.1) is 12.7 Å². The molecule has 0 unspecified atom stereocenters. The SMILES string of the molecule is CCCCO[C@@H](C)[C@H](O)CO. The highest BCUT2D eigenvalue weighted by molar-refractivity contribution is 4.61. The van der Waals surface area contributed by atoms with E-state index in [2.05, 4.69) is 6.92 Å². The second-order valence-corrected chi connectivity index (χ2v) is 2.68. The van der Waals surface area contributed by atoms with Crippen LogP contribution in [0.1, 0.15) is 26.7 Å². The quantitative estimate of drug-likeness (QED) is 0.561. The summed E-state index contributed by atoms with van der Waals surface area (Å²) in [6.45, 7) is 4.27. The molecule has 0 aliphatic carbocycles. The molecule has 0 fully saturated rings. The molecule has 0 aromatic carbocycles. The number of rotatable bonds is 6. The minimum absolute atomic E-state index is 0.229. The van der Waals surface area contributed by atoms with Crippen LogP contribution >= 0.6 is 0 Å². The van der Waals surface area contributed by atoms with Crippen molar-refractivity contribution in [3.05, 3.63) is 0 Å². The molecular weight excluding hydrogens is 144 g/mol. The van der Waals surface area contributed by atoms with Crippen molar-refractivity contribution < 1.29 is 14.9 Å². The van der Waals surface area contributed by atoms with Crippen molar-refractivity contribution in [3.8, 4) is 0 Å². The van der Waals surface area contributed by atoms with Gasteiger partial charge in [-0.3, -0.25) is 0 Å². The lowest BCUT2D eigenvalue weighted by atomic mass is 10.2. The summed E-state index contributed by atoms with van der Waals surface area (Å²) >= 11 is 0. The molecule has 3 nitrogen and oxygen atoms in total. The molecule has 2 N–H and O–H groups in total. The standard InChI is InChI=1S/C8H18O3/c1-3-4-5-11-7(2)8(10)6-9/h7-10H,3-6H2,1-2H3/t7-,8+/m0/s1. The third-order valence-electron chi connectivity index (χ3n) is 1.61. The molecule has 0 rings (SSSR count). The summed E-state index contributed by atoms with van der Waals surface area (Å²) in [6, 6.07) is 0. The lowest BCUT2D eigenvalue weighted by Crippen LogP contribution is -2.29. The number of hydrogen-bond donors (Lipinski definition) is 2. The minimum atomic E-state index is -0.744. The molecule has 0 radical (unpaired) electrons. The lowest BCUT2D eigenvalue weighted by Gasteiger charge is -2.16. The van der Waals surface area contributed by atoms with E-state index in [-0.39, 0.29) is 12.7 Å². The predicted octanol–water partition coefficient (Wildman–Crippen LogP) is 0.545. The van der Waals surface area contributed by atoms with Crippen molar-refractivity contribution in [2.75, 3.05) is 13.2 Å². The molecule has 0 saturated carbocycles. The minimum Gasteiger partial charge on any atom is -0.394 e. The number of ether oxygens (including phenoxy) is 1. The van der Waals surface area contributed by atoms with Crippen LogP contribution in [0.2, 0.25) is 0 Å². The maximum atomic E-state index is 9.05. The predicted molar refractivity (Wildman–Crippen MR) is 43.4 cm³/mol. The Hall–Kier alpha value is -0.120. The molecule has 0 spiro atoms. The van der Waals surface area contributed by atoms with Gasteiger partial charge in [-0.15, -0.1) is 0 Å². The molecule has 3 heteroatoms. The van der Waals surface area contributed by atoms with Crippen molar-refractivity contribution in [2.45, 2.75) is 38.9 Å². The molecule has 0 aromatic heterocycles. The monoisotopic (exact) mass is 162 g/mol. The third kappa shape index (κ3) is 5.18. The first-order valence-electron chi connectivity index (χ1n) is 4.12. The van der Waals surface area contributed by atoms with Gasteiger partial charge >= 0.3 is 0 Å². The van der Waals surface area contributed by atoms with Gasteiger partial charge in [0.15, 0.2) is 0 Å². The average molecular weight is 162 g/mol. The average Bonchev–Trinajstić information content (AvgIpc) is 2.03. The van der Waals surface area contributed by atoms with Gasteiger partial charge in [-0.05, 0) is 13.3 Å². The van der Waals surface area contributed by atoms with Gasteiger partial charge in [-0.2, -0.15) is 0 Å². The second-order valence-electron chi connectivity index (χ2n) is 2.68. The normalized spacial score (nSPS) is 16.4. The summed E-state index contributed by atoms with van der Waals surface area (Å²) in [4.78, 5) is 0. The van der Waals surface area contributed by atoms with Crippen molar-refractivity contribution >= 4 is 0 Å². The molecule has 0 amide bonds. The maximum absolute atomic E-state index is 9.05. The molecule has 0 saturated heterocycles. The highest BCUT2D eigenvalue weighted by atomic mass is 16.5. The summed E-state index contributed by atoms with van der Waals surface area (Å²) in [5.74, 6) is 0. The highest BCUT2D eigenvalue weighted by Crippen LogP contribution is 1.99. The van der Waals surface area contributed by atoms with Crippen LogP contribution in [0.5, 0.6) is 0 Å². The Labute approximate surface area is 68.0 Å². The van der Waals surface area contributed by atoms with E-state index in [4.69, 9.17) is 14.9 Å². The van der Waals surface area contributed by atoms with E-state index in [1.807, 2.05) is 0 Å². The van der Waals surface area contributed by atoms with Gasteiger partial charge in [0.2, 0.25) is 0 Å². The molecular formula is C8H18O3. The number of aliphatic hydroxyl groups is 2. The Bertz CT molecular complexity index is 85.4. The van der Waals surface area contributed by atoms with E-state index in [9.17, 15) is 0 Å². The smallest absolute Gasteiger partial charge is 0.103 e. The molecule has 11 heavy (non-hydrogen) atoms. The van der Waals surface area contributed by atoms with Gasteiger partial charge in [0, 0.05) is 6.61 Å².